The molecule has 7 nitrogen and oxygen atoms in total. The Bertz CT molecular complexity index is 1040. The van der Waals surface area contributed by atoms with Crippen molar-refractivity contribution in [2.75, 3.05) is 5.75 Å². The number of thioether (sulfide) groups is 1. The third kappa shape index (κ3) is 5.17. The number of rotatable bonds is 8. The van der Waals surface area contributed by atoms with Crippen molar-refractivity contribution in [2.24, 2.45) is 0 Å². The highest BCUT2D eigenvalue weighted by Crippen LogP contribution is 2.23. The van der Waals surface area contributed by atoms with Crippen molar-refractivity contribution in [3.8, 4) is 5.75 Å². The summed E-state index contributed by atoms with van der Waals surface area (Å²) >= 11 is 1.38. The van der Waals surface area contributed by atoms with Crippen LogP contribution in [-0.4, -0.2) is 27.2 Å². The van der Waals surface area contributed by atoms with Crippen molar-refractivity contribution in [1.82, 2.24) is 20.4 Å². The number of amides is 1. The van der Waals surface area contributed by atoms with Gasteiger partial charge in [0.25, 0.3) is 0 Å². The fourth-order valence-electron chi connectivity index (χ4n) is 2.74. The molecule has 0 bridgehead atoms. The molecule has 0 saturated heterocycles. The molecule has 2 N–H and O–H groups in total. The van der Waals surface area contributed by atoms with E-state index >= 15 is 0 Å². The minimum Gasteiger partial charge on any atom is -0.427 e. The molecule has 0 aliphatic carbocycles. The van der Waals surface area contributed by atoms with Crippen LogP contribution in [0.15, 0.2) is 60.3 Å². The van der Waals surface area contributed by atoms with E-state index in [0.29, 0.717) is 11.4 Å². The molecule has 0 atom stereocenters. The molecule has 1 amide bonds. The fraction of sp³-hybridized carbons (Fsp3) is 0.190. The molecule has 0 spiro atoms. The number of ether oxygens (including phenoxy) is 1. The molecule has 0 saturated carbocycles. The first-order valence-corrected chi connectivity index (χ1v) is 10.1. The van der Waals surface area contributed by atoms with Gasteiger partial charge in [-0.15, -0.1) is 0 Å². The zero-order chi connectivity index (χ0) is 20.8. The predicted octanol–water partition coefficient (Wildman–Crippen LogP) is 3.37. The number of imidazole rings is 1. The van der Waals surface area contributed by atoms with Crippen LogP contribution in [0.5, 0.6) is 5.75 Å². The maximum absolute atomic E-state index is 12.2. The van der Waals surface area contributed by atoms with E-state index in [1.807, 2.05) is 24.3 Å². The summed E-state index contributed by atoms with van der Waals surface area (Å²) in [5, 5.41) is 0.809. The minimum absolute atomic E-state index is 0.192. The van der Waals surface area contributed by atoms with Crippen LogP contribution in [0.4, 0.5) is 0 Å². The van der Waals surface area contributed by atoms with E-state index in [1.54, 1.807) is 24.3 Å². The second kappa shape index (κ2) is 9.29. The number of nitrogens with zero attached hydrogens (tertiary/aromatic N) is 2. The van der Waals surface area contributed by atoms with Crippen molar-refractivity contribution in [3.63, 3.8) is 0 Å². The van der Waals surface area contributed by atoms with Gasteiger partial charge in [0.1, 0.15) is 5.75 Å². The Morgan fingerprint density at radius 3 is 2.55 bits per heavy atom. The number of carbonyl (C=O) groups excluding carboxylic acids is 2. The summed E-state index contributed by atoms with van der Waals surface area (Å²) in [6, 6.07) is 14.7. The zero-order valence-corrected chi connectivity index (χ0v) is 17.1. The maximum Gasteiger partial charge on any atom is 0.308 e. The molecule has 29 heavy (non-hydrogen) atoms. The number of hydrazine groups is 1. The molecule has 0 radical (unpaired) electrons. The van der Waals surface area contributed by atoms with Gasteiger partial charge in [-0.25, -0.2) is 4.98 Å². The molecule has 3 rings (SSSR count). The smallest absolute Gasteiger partial charge is 0.308 e. The van der Waals surface area contributed by atoms with Crippen LogP contribution in [-0.2, 0) is 16.1 Å². The van der Waals surface area contributed by atoms with Gasteiger partial charge in [0.15, 0.2) is 5.16 Å². The lowest BCUT2D eigenvalue weighted by Crippen LogP contribution is -2.37. The normalized spacial score (nSPS) is 10.6. The maximum atomic E-state index is 12.2. The van der Waals surface area contributed by atoms with Gasteiger partial charge in [-0.2, -0.15) is 0 Å². The summed E-state index contributed by atoms with van der Waals surface area (Å²) in [5.74, 6) is 0.0985. The molecule has 2 aromatic carbocycles. The summed E-state index contributed by atoms with van der Waals surface area (Å²) in [7, 11) is 0. The summed E-state index contributed by atoms with van der Waals surface area (Å²) < 4.78 is 7.08. The number of fused-ring (bicyclic) bond motifs is 1. The molecule has 0 unspecified atom stereocenters. The van der Waals surface area contributed by atoms with E-state index in [1.165, 1.54) is 18.7 Å². The third-order valence-corrected chi connectivity index (χ3v) is 5.06. The second-order valence-electron chi connectivity index (χ2n) is 6.19. The molecule has 1 heterocycles. The molecule has 0 aliphatic heterocycles. The van der Waals surface area contributed by atoms with Crippen molar-refractivity contribution >= 4 is 40.4 Å². The lowest BCUT2D eigenvalue weighted by molar-refractivity contribution is -0.131. The van der Waals surface area contributed by atoms with Crippen LogP contribution >= 0.6 is 11.8 Å². The Labute approximate surface area is 173 Å². The van der Waals surface area contributed by atoms with E-state index in [-0.39, 0.29) is 17.6 Å². The molecule has 3 aromatic rings. The molecule has 0 fully saturated rings. The number of esters is 1. The van der Waals surface area contributed by atoms with Gasteiger partial charge >= 0.3 is 5.97 Å². The molecular formula is C21H22N4O3S. The number of aryl methyl sites for hydroxylation is 1. The molecule has 1 aromatic heterocycles. The average molecular weight is 410 g/mol. The van der Waals surface area contributed by atoms with E-state index in [9.17, 15) is 9.59 Å². The highest BCUT2D eigenvalue weighted by molar-refractivity contribution is 7.99. The Morgan fingerprint density at radius 1 is 1.14 bits per heavy atom. The zero-order valence-electron chi connectivity index (χ0n) is 16.3. The van der Waals surface area contributed by atoms with E-state index in [4.69, 9.17) is 4.74 Å². The van der Waals surface area contributed by atoms with Crippen molar-refractivity contribution in [2.45, 2.75) is 25.5 Å². The summed E-state index contributed by atoms with van der Waals surface area (Å²) in [6.07, 6.45) is 0. The van der Waals surface area contributed by atoms with E-state index in [0.717, 1.165) is 28.3 Å². The average Bonchev–Trinajstić information content (AvgIpc) is 3.08. The molecule has 150 valence electrons. The molecule has 8 heteroatoms. The van der Waals surface area contributed by atoms with Gasteiger partial charge in [0.05, 0.1) is 22.5 Å². The highest BCUT2D eigenvalue weighted by Gasteiger charge is 2.12. The number of para-hydroxylation sites is 2. The van der Waals surface area contributed by atoms with Gasteiger partial charge in [-0.3, -0.25) is 20.4 Å². The Hall–Kier alpha value is -3.26. The Balaban J connectivity index is 1.52. The van der Waals surface area contributed by atoms with E-state index in [2.05, 4.69) is 33.9 Å². The number of benzene rings is 2. The first-order valence-electron chi connectivity index (χ1n) is 9.08. The number of hydrogen-bond donors (Lipinski definition) is 2. The number of aromatic nitrogens is 2. The van der Waals surface area contributed by atoms with Crippen molar-refractivity contribution in [1.29, 1.82) is 0 Å². The van der Waals surface area contributed by atoms with Gasteiger partial charge in [-0.05, 0) is 48.9 Å². The fourth-order valence-corrected chi connectivity index (χ4v) is 3.62. The van der Waals surface area contributed by atoms with Gasteiger partial charge in [0.2, 0.25) is 5.91 Å². The van der Waals surface area contributed by atoms with Crippen LogP contribution in [0, 0.1) is 0 Å². The van der Waals surface area contributed by atoms with Crippen LogP contribution in [0.1, 0.15) is 19.4 Å². The van der Waals surface area contributed by atoms with Crippen molar-refractivity contribution in [3.05, 3.63) is 60.7 Å². The quantitative estimate of drug-likeness (QED) is 0.256. The molecular weight excluding hydrogens is 388 g/mol. The van der Waals surface area contributed by atoms with Crippen molar-refractivity contribution < 1.29 is 14.3 Å². The molecule has 0 aliphatic rings. The van der Waals surface area contributed by atoms with Gasteiger partial charge in [0, 0.05) is 13.5 Å². The summed E-state index contributed by atoms with van der Waals surface area (Å²) in [5.41, 5.74) is 8.71. The Morgan fingerprint density at radius 2 is 1.86 bits per heavy atom. The number of carbonyl (C=O) groups is 2. The van der Waals surface area contributed by atoms with Crippen LogP contribution < -0.4 is 15.6 Å². The topological polar surface area (TPSA) is 85.2 Å². The standard InChI is InChI=1S/C21H22N4O3S/c1-4-25-19-8-6-5-7-18(19)22-21(25)29-13-20(27)24-23-14(2)16-9-11-17(12-10-16)28-15(3)26/h5-12,23H,2,4,13H2,1,3H3,(H,24,27). The highest BCUT2D eigenvalue weighted by atomic mass is 32.2. The summed E-state index contributed by atoms with van der Waals surface area (Å²) in [6.45, 7) is 8.08. The first kappa shape index (κ1) is 20.5. The predicted molar refractivity (Wildman–Crippen MR) is 114 cm³/mol. The first-order chi connectivity index (χ1) is 14.0. The van der Waals surface area contributed by atoms with Crippen LogP contribution in [0.2, 0.25) is 0 Å². The monoisotopic (exact) mass is 410 g/mol. The van der Waals surface area contributed by atoms with Gasteiger partial charge < -0.3 is 9.30 Å². The third-order valence-electron chi connectivity index (χ3n) is 4.09. The Kier molecular flexibility index (Phi) is 6.56. The summed E-state index contributed by atoms with van der Waals surface area (Å²) in [4.78, 5) is 27.8. The lowest BCUT2D eigenvalue weighted by atomic mass is 10.2. The van der Waals surface area contributed by atoms with Crippen LogP contribution in [0.3, 0.4) is 0 Å². The lowest BCUT2D eigenvalue weighted by Gasteiger charge is -2.12. The number of hydrogen-bond acceptors (Lipinski definition) is 6. The van der Waals surface area contributed by atoms with Gasteiger partial charge in [-0.1, -0.05) is 30.5 Å². The SMILES string of the molecule is C=C(NNC(=O)CSc1nc2ccccc2n1CC)c1ccc(OC(C)=O)cc1. The number of nitrogens with one attached hydrogen (secondary N) is 2. The largest absolute Gasteiger partial charge is 0.427 e. The van der Waals surface area contributed by atoms with E-state index < -0.39 is 0 Å². The van der Waals surface area contributed by atoms with Crippen LogP contribution in [0.25, 0.3) is 16.7 Å². The minimum atomic E-state index is -0.379. The second-order valence-corrected chi connectivity index (χ2v) is 7.13.